The van der Waals surface area contributed by atoms with Crippen LogP contribution >= 0.6 is 0 Å². The highest BCUT2D eigenvalue weighted by Crippen LogP contribution is 2.29. The van der Waals surface area contributed by atoms with Gasteiger partial charge in [-0.3, -0.25) is 24.0 Å². The molecule has 1 heterocycles. The van der Waals surface area contributed by atoms with E-state index in [4.69, 9.17) is 29.4 Å². The van der Waals surface area contributed by atoms with E-state index in [9.17, 15) is 24.0 Å². The Balaban J connectivity index is 2.40. The highest BCUT2D eigenvalue weighted by Gasteiger charge is 2.51. The first-order valence-corrected chi connectivity index (χ1v) is 10.4. The van der Waals surface area contributed by atoms with E-state index in [1.54, 1.807) is 24.3 Å². The van der Waals surface area contributed by atoms with Gasteiger partial charge in [-0.15, -0.1) is 0 Å². The number of hydrogen-bond acceptors (Lipinski definition) is 10. The van der Waals surface area contributed by atoms with Crippen LogP contribution in [0, 0.1) is 0 Å². The second kappa shape index (κ2) is 12.0. The van der Waals surface area contributed by atoms with E-state index in [0.717, 1.165) is 13.8 Å². The molecule has 2 rings (SSSR count). The molecule has 0 radical (unpaired) electrons. The van der Waals surface area contributed by atoms with Crippen molar-refractivity contribution in [2.75, 3.05) is 6.61 Å². The minimum atomic E-state index is -1.23. The lowest BCUT2D eigenvalue weighted by atomic mass is 9.96. The fraction of sp³-hybridized carbons (Fsp3) is 0.500. The Morgan fingerprint density at radius 3 is 2.00 bits per heavy atom. The summed E-state index contributed by atoms with van der Waals surface area (Å²) in [6.45, 7) is 4.40. The maximum atomic E-state index is 11.9. The lowest BCUT2D eigenvalue weighted by Gasteiger charge is -2.44. The standard InChI is InChI=1S/C22H28N2O10/c1-11(25)24-19-21(32-14(4)28)20(31-13(3)27)17(10-30-12(2)26)34-22(19)33-16-7-5-15(6-8-16)9-18(23)29/h5-8,17,19-22H,9-10H2,1-4H3,(H2,23,29)(H,24,25). The Morgan fingerprint density at radius 1 is 0.912 bits per heavy atom. The first-order chi connectivity index (χ1) is 16.0. The minimum Gasteiger partial charge on any atom is -0.463 e. The van der Waals surface area contributed by atoms with Crippen LogP contribution in [0.15, 0.2) is 24.3 Å². The summed E-state index contributed by atoms with van der Waals surface area (Å²) in [4.78, 5) is 58.0. The molecule has 0 spiro atoms. The van der Waals surface area contributed by atoms with E-state index in [-0.39, 0.29) is 13.0 Å². The number of ether oxygens (including phenoxy) is 5. The molecule has 34 heavy (non-hydrogen) atoms. The summed E-state index contributed by atoms with van der Waals surface area (Å²) >= 11 is 0. The normalized spacial score (nSPS) is 23.8. The topological polar surface area (TPSA) is 170 Å². The van der Waals surface area contributed by atoms with Crippen molar-refractivity contribution in [1.29, 1.82) is 0 Å². The van der Waals surface area contributed by atoms with Crippen LogP contribution in [0.4, 0.5) is 0 Å². The van der Waals surface area contributed by atoms with Crippen LogP contribution in [0.5, 0.6) is 5.75 Å². The van der Waals surface area contributed by atoms with E-state index in [2.05, 4.69) is 5.32 Å². The number of nitrogens with two attached hydrogens (primary N) is 1. The predicted molar refractivity (Wildman–Crippen MR) is 114 cm³/mol. The predicted octanol–water partition coefficient (Wildman–Crippen LogP) is -0.251. The van der Waals surface area contributed by atoms with Gasteiger partial charge < -0.3 is 34.7 Å². The first kappa shape index (κ1) is 26.6. The Hall–Kier alpha value is -3.67. The molecule has 5 unspecified atom stereocenters. The molecule has 0 aromatic heterocycles. The maximum Gasteiger partial charge on any atom is 0.303 e. The molecule has 1 fully saturated rings. The van der Waals surface area contributed by atoms with Crippen LogP contribution in [-0.4, -0.2) is 67.0 Å². The molecule has 3 N–H and O–H groups in total. The number of amides is 2. The van der Waals surface area contributed by atoms with Crippen molar-refractivity contribution in [1.82, 2.24) is 5.32 Å². The van der Waals surface area contributed by atoms with Gasteiger partial charge in [-0.25, -0.2) is 0 Å². The first-order valence-electron chi connectivity index (χ1n) is 10.4. The number of carbonyl (C=O) groups is 5. The van der Waals surface area contributed by atoms with Crippen LogP contribution in [0.2, 0.25) is 0 Å². The van der Waals surface area contributed by atoms with Crippen molar-refractivity contribution in [2.24, 2.45) is 5.73 Å². The molecule has 0 saturated carbocycles. The third-order valence-corrected chi connectivity index (χ3v) is 4.63. The summed E-state index contributed by atoms with van der Waals surface area (Å²) in [5.41, 5.74) is 5.86. The molecule has 1 aromatic rings. The third kappa shape index (κ3) is 8.03. The number of primary amides is 1. The molecule has 2 amide bonds. The van der Waals surface area contributed by atoms with Gasteiger partial charge in [-0.05, 0) is 17.7 Å². The smallest absolute Gasteiger partial charge is 0.303 e. The van der Waals surface area contributed by atoms with Crippen LogP contribution in [0.3, 0.4) is 0 Å². The van der Waals surface area contributed by atoms with Gasteiger partial charge in [0.1, 0.15) is 24.5 Å². The number of benzene rings is 1. The zero-order valence-electron chi connectivity index (χ0n) is 19.3. The molecule has 186 valence electrons. The van der Waals surface area contributed by atoms with Crippen molar-refractivity contribution in [2.45, 2.75) is 64.8 Å². The Morgan fingerprint density at radius 2 is 1.50 bits per heavy atom. The fourth-order valence-corrected chi connectivity index (χ4v) is 3.41. The minimum absolute atomic E-state index is 0.0395. The fourth-order valence-electron chi connectivity index (χ4n) is 3.41. The number of hydrogen-bond donors (Lipinski definition) is 2. The average Bonchev–Trinajstić information content (AvgIpc) is 2.71. The molecule has 1 aromatic carbocycles. The van der Waals surface area contributed by atoms with E-state index >= 15 is 0 Å². The Bertz CT molecular complexity index is 917. The molecule has 12 nitrogen and oxygen atoms in total. The Labute approximate surface area is 196 Å². The van der Waals surface area contributed by atoms with Gasteiger partial charge >= 0.3 is 17.9 Å². The van der Waals surface area contributed by atoms with Crippen LogP contribution in [0.25, 0.3) is 0 Å². The van der Waals surface area contributed by atoms with E-state index < -0.39 is 60.4 Å². The monoisotopic (exact) mass is 480 g/mol. The Kier molecular flexibility index (Phi) is 9.36. The van der Waals surface area contributed by atoms with Crippen LogP contribution in [0.1, 0.15) is 33.3 Å². The molecule has 5 atom stereocenters. The molecule has 1 saturated heterocycles. The van der Waals surface area contributed by atoms with Crippen molar-refractivity contribution in [3.05, 3.63) is 29.8 Å². The summed E-state index contributed by atoms with van der Waals surface area (Å²) < 4.78 is 27.6. The van der Waals surface area contributed by atoms with Crippen molar-refractivity contribution < 1.29 is 47.7 Å². The van der Waals surface area contributed by atoms with E-state index in [1.165, 1.54) is 13.8 Å². The summed E-state index contributed by atoms with van der Waals surface area (Å²) in [5.74, 6) is -2.71. The SMILES string of the molecule is CC(=O)NC1C(Oc2ccc(CC(N)=O)cc2)OC(COC(C)=O)C(OC(C)=O)C1OC(C)=O. The van der Waals surface area contributed by atoms with Crippen LogP contribution < -0.4 is 15.8 Å². The molecule has 1 aliphatic rings. The number of esters is 3. The van der Waals surface area contributed by atoms with Gasteiger partial charge in [0, 0.05) is 27.7 Å². The van der Waals surface area contributed by atoms with E-state index in [1.807, 2.05) is 0 Å². The van der Waals surface area contributed by atoms with Gasteiger partial charge in [0.15, 0.2) is 12.2 Å². The van der Waals surface area contributed by atoms with Crippen molar-refractivity contribution >= 4 is 29.7 Å². The number of nitrogens with one attached hydrogen (secondary N) is 1. The van der Waals surface area contributed by atoms with Gasteiger partial charge in [-0.1, -0.05) is 12.1 Å². The quantitative estimate of drug-likeness (QED) is 0.355. The number of rotatable bonds is 9. The second-order valence-electron chi connectivity index (χ2n) is 7.62. The zero-order chi connectivity index (χ0) is 25.4. The van der Waals surface area contributed by atoms with Crippen LogP contribution in [-0.2, 0) is 49.3 Å². The average molecular weight is 480 g/mol. The highest BCUT2D eigenvalue weighted by molar-refractivity contribution is 5.76. The molecule has 0 bridgehead atoms. The number of carbonyl (C=O) groups excluding carboxylic acids is 5. The molecule has 12 heteroatoms. The second-order valence-corrected chi connectivity index (χ2v) is 7.62. The maximum absolute atomic E-state index is 11.9. The largest absolute Gasteiger partial charge is 0.463 e. The summed E-state index contributed by atoms with van der Waals surface area (Å²) in [6.07, 6.45) is -4.71. The lowest BCUT2D eigenvalue weighted by Crippen LogP contribution is -2.67. The van der Waals surface area contributed by atoms with Crippen molar-refractivity contribution in [3.63, 3.8) is 0 Å². The lowest BCUT2D eigenvalue weighted by molar-refractivity contribution is -0.257. The van der Waals surface area contributed by atoms with Gasteiger partial charge in [0.05, 0.1) is 6.42 Å². The summed E-state index contributed by atoms with van der Waals surface area (Å²) in [7, 11) is 0. The van der Waals surface area contributed by atoms with Gasteiger partial charge in [-0.2, -0.15) is 0 Å². The highest BCUT2D eigenvalue weighted by atomic mass is 16.7. The summed E-state index contributed by atoms with van der Waals surface area (Å²) in [6, 6.07) is 5.28. The molecular formula is C22H28N2O10. The van der Waals surface area contributed by atoms with Crippen molar-refractivity contribution in [3.8, 4) is 5.75 Å². The molecular weight excluding hydrogens is 452 g/mol. The summed E-state index contributed by atoms with van der Waals surface area (Å²) in [5, 5.41) is 2.61. The zero-order valence-corrected chi connectivity index (χ0v) is 19.3. The molecule has 0 aliphatic carbocycles. The van der Waals surface area contributed by atoms with Gasteiger partial charge in [0.2, 0.25) is 18.1 Å². The molecule has 1 aliphatic heterocycles. The van der Waals surface area contributed by atoms with Gasteiger partial charge in [0.25, 0.3) is 0 Å². The van der Waals surface area contributed by atoms with E-state index in [0.29, 0.717) is 11.3 Å². The third-order valence-electron chi connectivity index (χ3n) is 4.63.